The van der Waals surface area contributed by atoms with E-state index in [1.54, 1.807) is 55.5 Å². The summed E-state index contributed by atoms with van der Waals surface area (Å²) < 4.78 is 10.8. The van der Waals surface area contributed by atoms with E-state index < -0.39 is 23.7 Å². The number of amides is 1. The van der Waals surface area contributed by atoms with Crippen molar-refractivity contribution in [3.05, 3.63) is 93.5 Å². The van der Waals surface area contributed by atoms with Crippen LogP contribution in [-0.4, -0.2) is 41.0 Å². The summed E-state index contributed by atoms with van der Waals surface area (Å²) >= 11 is 7.02. The highest BCUT2D eigenvalue weighted by atomic mass is 35.5. The van der Waals surface area contributed by atoms with Crippen LogP contribution >= 0.6 is 22.9 Å². The highest BCUT2D eigenvalue weighted by Gasteiger charge is 2.48. The fourth-order valence-electron chi connectivity index (χ4n) is 4.06. The van der Waals surface area contributed by atoms with Gasteiger partial charge in [-0.05, 0) is 55.3 Å². The Morgan fingerprint density at radius 1 is 1.18 bits per heavy atom. The molecule has 202 valence electrons. The van der Waals surface area contributed by atoms with Gasteiger partial charge in [-0.25, -0.2) is 9.78 Å². The number of halogens is 1. The Bertz CT molecular complexity index is 1430. The largest absolute Gasteiger partial charge is 0.507 e. The van der Waals surface area contributed by atoms with Crippen molar-refractivity contribution in [3.63, 3.8) is 0 Å². The van der Waals surface area contributed by atoms with Crippen molar-refractivity contribution in [2.24, 2.45) is 0 Å². The second-order valence-electron chi connectivity index (χ2n) is 8.75. The molecule has 1 unspecified atom stereocenters. The molecule has 3 aromatic rings. The van der Waals surface area contributed by atoms with Gasteiger partial charge >= 0.3 is 11.9 Å². The molecule has 0 radical (unpaired) electrons. The molecule has 0 saturated carbocycles. The average Bonchev–Trinajstić information content (AvgIpc) is 3.44. The maximum Gasteiger partial charge on any atom is 0.350 e. The molecule has 0 spiro atoms. The van der Waals surface area contributed by atoms with Crippen LogP contribution in [0, 0.1) is 6.92 Å². The van der Waals surface area contributed by atoms with Crippen molar-refractivity contribution in [1.29, 1.82) is 0 Å². The van der Waals surface area contributed by atoms with Gasteiger partial charge in [-0.2, -0.15) is 0 Å². The van der Waals surface area contributed by atoms with Crippen molar-refractivity contribution in [1.82, 2.24) is 4.98 Å². The third-order valence-electron chi connectivity index (χ3n) is 6.03. The van der Waals surface area contributed by atoms with E-state index in [1.807, 2.05) is 0 Å². The minimum Gasteiger partial charge on any atom is -0.507 e. The number of rotatable bonds is 10. The molecule has 10 heteroatoms. The molecule has 8 nitrogen and oxygen atoms in total. The third-order valence-corrected chi connectivity index (χ3v) is 7.42. The van der Waals surface area contributed by atoms with E-state index in [2.05, 4.69) is 18.5 Å². The highest BCUT2D eigenvalue weighted by molar-refractivity contribution is 7.17. The van der Waals surface area contributed by atoms with Gasteiger partial charge in [0.1, 0.15) is 23.0 Å². The summed E-state index contributed by atoms with van der Waals surface area (Å²) in [6.45, 7) is 7.80. The zero-order valence-electron chi connectivity index (χ0n) is 21.5. The number of aliphatic hydroxyl groups is 1. The first-order valence-electron chi connectivity index (χ1n) is 12.3. The quantitative estimate of drug-likeness (QED) is 0.0771. The Labute approximate surface area is 235 Å². The lowest BCUT2D eigenvalue weighted by molar-refractivity contribution is -0.132. The molecule has 4 rings (SSSR count). The zero-order valence-corrected chi connectivity index (χ0v) is 23.1. The molecule has 39 heavy (non-hydrogen) atoms. The monoisotopic (exact) mass is 566 g/mol. The van der Waals surface area contributed by atoms with Crippen LogP contribution in [0.1, 0.15) is 52.3 Å². The van der Waals surface area contributed by atoms with E-state index in [0.29, 0.717) is 34.2 Å². The van der Waals surface area contributed by atoms with Gasteiger partial charge in [0.2, 0.25) is 0 Å². The first-order valence-corrected chi connectivity index (χ1v) is 13.5. The smallest absolute Gasteiger partial charge is 0.350 e. The van der Waals surface area contributed by atoms with Gasteiger partial charge in [0.25, 0.3) is 5.78 Å². The van der Waals surface area contributed by atoms with Crippen LogP contribution in [-0.2, 0) is 14.3 Å². The van der Waals surface area contributed by atoms with E-state index >= 15 is 0 Å². The van der Waals surface area contributed by atoms with Crippen molar-refractivity contribution in [2.75, 3.05) is 18.1 Å². The van der Waals surface area contributed by atoms with Crippen LogP contribution in [0.3, 0.4) is 0 Å². The molecular weight excluding hydrogens is 540 g/mol. The molecule has 1 N–H and O–H groups in total. The zero-order chi connectivity index (χ0) is 28.1. The Balaban J connectivity index is 1.79. The number of hydrogen-bond acceptors (Lipinski definition) is 8. The predicted octanol–water partition coefficient (Wildman–Crippen LogP) is 6.25. The molecule has 1 atom stereocenters. The minimum absolute atomic E-state index is 0.0171. The summed E-state index contributed by atoms with van der Waals surface area (Å²) in [6.07, 6.45) is 3.36. The lowest BCUT2D eigenvalue weighted by Gasteiger charge is -2.23. The van der Waals surface area contributed by atoms with Crippen LogP contribution < -0.4 is 9.64 Å². The normalized spacial score (nSPS) is 16.4. The third kappa shape index (κ3) is 5.89. The molecule has 2 heterocycles. The van der Waals surface area contributed by atoms with E-state index in [4.69, 9.17) is 21.1 Å². The summed E-state index contributed by atoms with van der Waals surface area (Å²) in [4.78, 5) is 45.1. The molecule has 1 aromatic heterocycles. The SMILES string of the molecule is C=CCOC(=O)c1sc(N2C(=O)C(=O)/C(=C(/O)c3ccc(OCCCC)cc3)C2c2ccc(Cl)cc2)nc1C. The number of anilines is 1. The van der Waals surface area contributed by atoms with Gasteiger partial charge in [-0.1, -0.05) is 61.1 Å². The first kappa shape index (κ1) is 28.1. The number of nitrogens with zero attached hydrogens (tertiary/aromatic N) is 2. The van der Waals surface area contributed by atoms with E-state index in [0.717, 1.165) is 24.2 Å². The second-order valence-corrected chi connectivity index (χ2v) is 10.2. The number of hydrogen-bond donors (Lipinski definition) is 1. The van der Waals surface area contributed by atoms with Crippen LogP contribution in [0.5, 0.6) is 5.75 Å². The summed E-state index contributed by atoms with van der Waals surface area (Å²) in [6, 6.07) is 12.2. The van der Waals surface area contributed by atoms with E-state index in [1.165, 1.54) is 11.0 Å². The number of carbonyl (C=O) groups excluding carboxylic acids is 3. The summed E-state index contributed by atoms with van der Waals surface area (Å²) in [5.41, 5.74) is 1.12. The Morgan fingerprint density at radius 3 is 2.51 bits per heavy atom. The Morgan fingerprint density at radius 2 is 1.87 bits per heavy atom. The molecule has 1 saturated heterocycles. The number of aryl methyl sites for hydroxylation is 1. The number of ketones is 1. The van der Waals surface area contributed by atoms with Gasteiger partial charge < -0.3 is 14.6 Å². The number of esters is 1. The van der Waals surface area contributed by atoms with Gasteiger partial charge in [-0.3, -0.25) is 14.5 Å². The van der Waals surface area contributed by atoms with Crippen LogP contribution in [0.25, 0.3) is 5.76 Å². The van der Waals surface area contributed by atoms with Gasteiger partial charge in [0, 0.05) is 10.6 Å². The summed E-state index contributed by atoms with van der Waals surface area (Å²) in [5, 5.41) is 11.9. The Hall–Kier alpha value is -3.95. The summed E-state index contributed by atoms with van der Waals surface area (Å²) in [7, 11) is 0. The predicted molar refractivity (Wildman–Crippen MR) is 150 cm³/mol. The van der Waals surface area contributed by atoms with Crippen molar-refractivity contribution < 1.29 is 29.0 Å². The van der Waals surface area contributed by atoms with Crippen molar-refractivity contribution >= 4 is 51.5 Å². The van der Waals surface area contributed by atoms with Crippen LogP contribution in [0.2, 0.25) is 5.02 Å². The number of Topliss-reactive ketones (excluding diaryl/α,β-unsaturated/α-hetero) is 1. The molecular formula is C29H27ClN2O6S. The molecule has 1 amide bonds. The number of thiazole rings is 1. The molecule has 0 bridgehead atoms. The van der Waals surface area contributed by atoms with Crippen LogP contribution in [0.15, 0.2) is 66.8 Å². The fraction of sp³-hybridized carbons (Fsp3) is 0.241. The van der Waals surface area contributed by atoms with E-state index in [9.17, 15) is 19.5 Å². The molecule has 1 aliphatic heterocycles. The summed E-state index contributed by atoms with van der Waals surface area (Å²) in [5.74, 6) is -2.08. The first-order chi connectivity index (χ1) is 18.8. The number of aromatic nitrogens is 1. The number of carbonyl (C=O) groups is 3. The van der Waals surface area contributed by atoms with Crippen LogP contribution in [0.4, 0.5) is 5.13 Å². The lowest BCUT2D eigenvalue weighted by atomic mass is 9.95. The highest BCUT2D eigenvalue weighted by Crippen LogP contribution is 2.44. The molecule has 0 aliphatic carbocycles. The average molecular weight is 567 g/mol. The van der Waals surface area contributed by atoms with Gasteiger partial charge in [0.15, 0.2) is 5.13 Å². The fourth-order valence-corrected chi connectivity index (χ4v) is 5.18. The maximum absolute atomic E-state index is 13.4. The standard InChI is InChI=1S/C29H27ClN2O6S/c1-4-6-16-37-21-13-9-19(10-14-21)24(33)22-23(18-7-11-20(30)12-8-18)32(27(35)25(22)34)29-31-17(3)26(39-29)28(36)38-15-5-2/h5,7-14,23,33H,2,4,6,15-16H2,1,3H3/b24-22+. The van der Waals surface area contributed by atoms with E-state index in [-0.39, 0.29) is 27.9 Å². The van der Waals surface area contributed by atoms with Crippen molar-refractivity contribution in [3.8, 4) is 5.75 Å². The minimum atomic E-state index is -1.01. The topological polar surface area (TPSA) is 106 Å². The maximum atomic E-state index is 13.4. The van der Waals surface area contributed by atoms with Gasteiger partial charge in [0.05, 0.1) is 23.9 Å². The number of aliphatic hydroxyl groups excluding tert-OH is 1. The number of unbranched alkanes of at least 4 members (excludes halogenated alkanes) is 1. The molecule has 1 aliphatic rings. The van der Waals surface area contributed by atoms with Gasteiger partial charge in [-0.15, -0.1) is 0 Å². The molecule has 2 aromatic carbocycles. The number of ether oxygens (including phenoxy) is 2. The van der Waals surface area contributed by atoms with Crippen molar-refractivity contribution in [2.45, 2.75) is 32.7 Å². The number of benzene rings is 2. The molecule has 1 fully saturated rings. The second kappa shape index (κ2) is 12.3. The lowest BCUT2D eigenvalue weighted by Crippen LogP contribution is -2.29. The Kier molecular flexibility index (Phi) is 8.83.